The fraction of sp³-hybridized carbons (Fsp3) is 0.333. The Hall–Kier alpha value is -1.45. The normalized spacial score (nSPS) is 11.8. The van der Waals surface area contributed by atoms with Gasteiger partial charge in [0.2, 0.25) is 0 Å². The number of benzene rings is 2. The fourth-order valence-corrected chi connectivity index (χ4v) is 2.11. The van der Waals surface area contributed by atoms with Gasteiger partial charge in [0.15, 0.2) is 0 Å². The van der Waals surface area contributed by atoms with E-state index in [1.807, 2.05) is 12.1 Å². The number of fused-ring (bicyclic) bond motifs is 1. The topological polar surface area (TPSA) is 44.5 Å². The molecule has 0 saturated heterocycles. The third kappa shape index (κ3) is 2.94. The van der Waals surface area contributed by atoms with E-state index in [0.717, 1.165) is 22.3 Å². The Morgan fingerprint density at radius 3 is 2.11 bits per heavy atom. The van der Waals surface area contributed by atoms with Crippen molar-refractivity contribution in [1.82, 2.24) is 0 Å². The molecule has 1 unspecified atom stereocenters. The molecule has 0 amide bonds. The van der Waals surface area contributed by atoms with Crippen molar-refractivity contribution in [3.05, 3.63) is 35.9 Å². The quantitative estimate of drug-likeness (QED) is 0.935. The maximum absolute atomic E-state index is 5.72. The van der Waals surface area contributed by atoms with Gasteiger partial charge in [-0.2, -0.15) is 0 Å². The third-order valence-electron chi connectivity index (χ3n) is 3.32. The molecule has 104 valence electrons. The van der Waals surface area contributed by atoms with E-state index in [4.69, 9.17) is 15.2 Å². The van der Waals surface area contributed by atoms with E-state index in [2.05, 4.69) is 25.1 Å². The summed E-state index contributed by atoms with van der Waals surface area (Å²) < 4.78 is 10.8. The minimum Gasteiger partial charge on any atom is -0.496 e. The van der Waals surface area contributed by atoms with Crippen LogP contribution in [0.3, 0.4) is 0 Å². The van der Waals surface area contributed by atoms with Gasteiger partial charge < -0.3 is 15.2 Å². The van der Waals surface area contributed by atoms with E-state index in [1.165, 1.54) is 5.56 Å². The van der Waals surface area contributed by atoms with Crippen LogP contribution in [0.2, 0.25) is 0 Å². The molecule has 2 aromatic rings. The smallest absolute Gasteiger partial charge is 0.126 e. The van der Waals surface area contributed by atoms with Gasteiger partial charge in [0, 0.05) is 10.8 Å². The first-order valence-electron chi connectivity index (χ1n) is 6.06. The number of hydrogen-bond acceptors (Lipinski definition) is 3. The van der Waals surface area contributed by atoms with Crippen LogP contribution in [0.5, 0.6) is 11.5 Å². The molecular weight excluding hydrogens is 262 g/mol. The summed E-state index contributed by atoms with van der Waals surface area (Å²) in [5, 5.41) is 2.12. The Bertz CT molecular complexity index is 557. The molecular formula is C15H20ClNO2. The summed E-state index contributed by atoms with van der Waals surface area (Å²) in [7, 11) is 3.36. The van der Waals surface area contributed by atoms with Crippen molar-refractivity contribution in [2.45, 2.75) is 12.8 Å². The minimum atomic E-state index is 0. The van der Waals surface area contributed by atoms with E-state index < -0.39 is 0 Å². The average molecular weight is 282 g/mol. The van der Waals surface area contributed by atoms with E-state index in [-0.39, 0.29) is 12.4 Å². The van der Waals surface area contributed by atoms with Crippen molar-refractivity contribution in [2.24, 2.45) is 5.73 Å². The van der Waals surface area contributed by atoms with Gasteiger partial charge >= 0.3 is 0 Å². The molecule has 0 spiro atoms. The van der Waals surface area contributed by atoms with Gasteiger partial charge in [-0.05, 0) is 36.2 Å². The third-order valence-corrected chi connectivity index (χ3v) is 3.32. The highest BCUT2D eigenvalue weighted by Gasteiger charge is 2.10. The van der Waals surface area contributed by atoms with Crippen molar-refractivity contribution in [3.63, 3.8) is 0 Å². The zero-order valence-electron chi connectivity index (χ0n) is 11.5. The number of nitrogens with two attached hydrogens (primary N) is 1. The van der Waals surface area contributed by atoms with Crippen molar-refractivity contribution in [2.75, 3.05) is 20.8 Å². The molecule has 0 fully saturated rings. The SMILES string of the molecule is COc1ccc(OC)c2cc(C(C)CN)ccc12.Cl. The molecule has 3 nitrogen and oxygen atoms in total. The van der Waals surface area contributed by atoms with Crippen LogP contribution in [0.15, 0.2) is 30.3 Å². The maximum Gasteiger partial charge on any atom is 0.126 e. The number of rotatable bonds is 4. The predicted octanol–water partition coefficient (Wildman–Crippen LogP) is 3.34. The molecule has 2 aromatic carbocycles. The molecule has 2 rings (SSSR count). The van der Waals surface area contributed by atoms with E-state index >= 15 is 0 Å². The lowest BCUT2D eigenvalue weighted by Crippen LogP contribution is -2.08. The Morgan fingerprint density at radius 2 is 1.58 bits per heavy atom. The molecule has 0 aliphatic heterocycles. The van der Waals surface area contributed by atoms with Crippen LogP contribution in [0, 0.1) is 0 Å². The van der Waals surface area contributed by atoms with Gasteiger partial charge in [-0.25, -0.2) is 0 Å². The number of hydrogen-bond donors (Lipinski definition) is 1. The van der Waals surface area contributed by atoms with Crippen LogP contribution in [0.4, 0.5) is 0 Å². The fourth-order valence-electron chi connectivity index (χ4n) is 2.11. The first kappa shape index (κ1) is 15.6. The number of ether oxygens (including phenoxy) is 2. The summed E-state index contributed by atoms with van der Waals surface area (Å²) in [6, 6.07) is 10.2. The summed E-state index contributed by atoms with van der Waals surface area (Å²) in [6.45, 7) is 2.76. The number of halogens is 1. The van der Waals surface area contributed by atoms with Crippen LogP contribution in [0.25, 0.3) is 10.8 Å². The van der Waals surface area contributed by atoms with E-state index in [1.54, 1.807) is 14.2 Å². The van der Waals surface area contributed by atoms with Gasteiger partial charge in [0.25, 0.3) is 0 Å². The number of methoxy groups -OCH3 is 2. The second kappa shape index (κ2) is 6.64. The molecule has 0 aliphatic rings. The van der Waals surface area contributed by atoms with Crippen molar-refractivity contribution >= 4 is 23.2 Å². The Kier molecular flexibility index (Phi) is 5.45. The second-order valence-electron chi connectivity index (χ2n) is 4.41. The van der Waals surface area contributed by atoms with Gasteiger partial charge in [-0.15, -0.1) is 12.4 Å². The summed E-state index contributed by atoms with van der Waals surface area (Å²) in [5.74, 6) is 2.06. The molecule has 2 N–H and O–H groups in total. The van der Waals surface area contributed by atoms with E-state index in [9.17, 15) is 0 Å². The lowest BCUT2D eigenvalue weighted by molar-refractivity contribution is 0.410. The van der Waals surface area contributed by atoms with Crippen molar-refractivity contribution < 1.29 is 9.47 Å². The van der Waals surface area contributed by atoms with Gasteiger partial charge in [-0.3, -0.25) is 0 Å². The lowest BCUT2D eigenvalue weighted by Gasteiger charge is -2.14. The highest BCUT2D eigenvalue weighted by molar-refractivity contribution is 5.93. The first-order chi connectivity index (χ1) is 8.71. The van der Waals surface area contributed by atoms with Gasteiger partial charge in [-0.1, -0.05) is 19.1 Å². The summed E-state index contributed by atoms with van der Waals surface area (Å²) >= 11 is 0. The molecule has 1 atom stereocenters. The van der Waals surface area contributed by atoms with Crippen molar-refractivity contribution in [3.8, 4) is 11.5 Å². The summed E-state index contributed by atoms with van der Waals surface area (Å²) in [4.78, 5) is 0. The van der Waals surface area contributed by atoms with Crippen LogP contribution in [-0.4, -0.2) is 20.8 Å². The molecule has 0 heterocycles. The standard InChI is InChI=1S/C15H19NO2.ClH/c1-10(9-16)11-4-5-12-13(8-11)15(18-3)7-6-14(12)17-2;/h4-8,10H,9,16H2,1-3H3;1H. The predicted molar refractivity (Wildman–Crippen MR) is 81.8 cm³/mol. The summed E-state index contributed by atoms with van der Waals surface area (Å²) in [5.41, 5.74) is 6.94. The van der Waals surface area contributed by atoms with Crippen LogP contribution in [0.1, 0.15) is 18.4 Å². The zero-order chi connectivity index (χ0) is 13.1. The van der Waals surface area contributed by atoms with Crippen molar-refractivity contribution in [1.29, 1.82) is 0 Å². The molecule has 0 aliphatic carbocycles. The second-order valence-corrected chi connectivity index (χ2v) is 4.41. The first-order valence-corrected chi connectivity index (χ1v) is 6.06. The highest BCUT2D eigenvalue weighted by Crippen LogP contribution is 2.34. The zero-order valence-corrected chi connectivity index (χ0v) is 12.3. The Labute approximate surface area is 120 Å². The Morgan fingerprint density at radius 1 is 1.00 bits per heavy atom. The monoisotopic (exact) mass is 281 g/mol. The molecule has 0 aromatic heterocycles. The van der Waals surface area contributed by atoms with Crippen LogP contribution >= 0.6 is 12.4 Å². The molecule has 0 saturated carbocycles. The lowest BCUT2D eigenvalue weighted by atomic mass is 9.97. The maximum atomic E-state index is 5.72. The Balaban J connectivity index is 0.00000180. The summed E-state index contributed by atoms with van der Waals surface area (Å²) in [6.07, 6.45) is 0. The minimum absolute atomic E-state index is 0. The molecule has 0 radical (unpaired) electrons. The van der Waals surface area contributed by atoms with E-state index in [0.29, 0.717) is 12.5 Å². The average Bonchev–Trinajstić information content (AvgIpc) is 2.44. The molecule has 4 heteroatoms. The van der Waals surface area contributed by atoms with Gasteiger partial charge in [0.1, 0.15) is 11.5 Å². The highest BCUT2D eigenvalue weighted by atomic mass is 35.5. The molecule has 0 bridgehead atoms. The van der Waals surface area contributed by atoms with Crippen LogP contribution < -0.4 is 15.2 Å². The van der Waals surface area contributed by atoms with Crippen LogP contribution in [-0.2, 0) is 0 Å². The largest absolute Gasteiger partial charge is 0.496 e. The van der Waals surface area contributed by atoms with Gasteiger partial charge in [0.05, 0.1) is 14.2 Å². The molecule has 19 heavy (non-hydrogen) atoms.